The van der Waals surface area contributed by atoms with Gasteiger partial charge in [-0.15, -0.1) is 0 Å². The maximum absolute atomic E-state index is 11.8. The van der Waals surface area contributed by atoms with E-state index in [0.29, 0.717) is 22.3 Å². The minimum absolute atomic E-state index is 0.130. The summed E-state index contributed by atoms with van der Waals surface area (Å²) in [4.78, 5) is 23.4. The van der Waals surface area contributed by atoms with Crippen molar-refractivity contribution in [2.75, 3.05) is 6.61 Å². The molecule has 0 saturated carbocycles. The maximum Gasteiger partial charge on any atom is 0.268 e. The summed E-state index contributed by atoms with van der Waals surface area (Å²) in [7, 11) is 0. The van der Waals surface area contributed by atoms with Crippen molar-refractivity contribution in [1.82, 2.24) is 9.99 Å². The number of carbonyl (C=O) groups excluding carboxylic acids is 1. The van der Waals surface area contributed by atoms with Crippen LogP contribution in [0.1, 0.15) is 10.4 Å². The number of hydrogen-bond donors (Lipinski definition) is 2. The highest BCUT2D eigenvalue weighted by atomic mass is 79.9. The quantitative estimate of drug-likeness (QED) is 0.482. The largest absolute Gasteiger partial charge is 0.491 e. The third kappa shape index (κ3) is 3.71. The summed E-state index contributed by atoms with van der Waals surface area (Å²) in [6, 6.07) is 10.2. The van der Waals surface area contributed by atoms with Crippen LogP contribution in [0.25, 0.3) is 0 Å². The summed E-state index contributed by atoms with van der Waals surface area (Å²) in [6.07, 6.45) is 1.68. The van der Waals surface area contributed by atoms with Gasteiger partial charge < -0.3 is 9.30 Å². The van der Waals surface area contributed by atoms with Crippen LogP contribution in [0.5, 0.6) is 5.75 Å². The summed E-state index contributed by atoms with van der Waals surface area (Å²) >= 11 is 3.18. The van der Waals surface area contributed by atoms with Gasteiger partial charge in [0.1, 0.15) is 12.4 Å². The van der Waals surface area contributed by atoms with Crippen molar-refractivity contribution in [2.45, 2.75) is 6.54 Å². The number of rotatable bonds is 5. The molecule has 110 valence electrons. The van der Waals surface area contributed by atoms with E-state index in [2.05, 4.69) is 21.4 Å². The Morgan fingerprint density at radius 3 is 2.81 bits per heavy atom. The van der Waals surface area contributed by atoms with Crippen LogP contribution in [0.2, 0.25) is 0 Å². The average molecular weight is 352 g/mol. The van der Waals surface area contributed by atoms with E-state index in [-0.39, 0.29) is 12.2 Å². The first-order valence-electron chi connectivity index (χ1n) is 6.21. The number of nitrogens with one attached hydrogen (secondary N) is 1. The highest BCUT2D eigenvalue weighted by molar-refractivity contribution is 9.10. The van der Waals surface area contributed by atoms with E-state index >= 15 is 0 Å². The first kappa shape index (κ1) is 15.3. The number of nitrogens with two attached hydrogens (primary N) is 1. The molecule has 2 rings (SSSR count). The van der Waals surface area contributed by atoms with Gasteiger partial charge in [-0.2, -0.15) is 0 Å². The zero-order chi connectivity index (χ0) is 15.2. The van der Waals surface area contributed by atoms with Gasteiger partial charge >= 0.3 is 0 Å². The predicted molar refractivity (Wildman–Crippen MR) is 82.0 cm³/mol. The molecule has 21 heavy (non-hydrogen) atoms. The van der Waals surface area contributed by atoms with E-state index in [4.69, 9.17) is 10.6 Å². The molecule has 0 atom stereocenters. The van der Waals surface area contributed by atoms with Gasteiger partial charge in [0.25, 0.3) is 11.5 Å². The Morgan fingerprint density at radius 1 is 1.29 bits per heavy atom. The fourth-order valence-corrected chi connectivity index (χ4v) is 2.18. The van der Waals surface area contributed by atoms with Crippen molar-refractivity contribution in [3.8, 4) is 5.75 Å². The molecule has 2 aromatic rings. The molecule has 1 heterocycles. The Kier molecular flexibility index (Phi) is 5.13. The van der Waals surface area contributed by atoms with Crippen molar-refractivity contribution in [2.24, 2.45) is 5.84 Å². The predicted octanol–water partition coefficient (Wildman–Crippen LogP) is 1.29. The highest BCUT2D eigenvalue weighted by Gasteiger charge is 2.10. The van der Waals surface area contributed by atoms with E-state index in [1.54, 1.807) is 42.6 Å². The van der Waals surface area contributed by atoms with Gasteiger partial charge in [0.2, 0.25) is 0 Å². The van der Waals surface area contributed by atoms with Crippen LogP contribution in [-0.2, 0) is 6.54 Å². The number of nitrogens with zero attached hydrogens (tertiary/aromatic N) is 1. The van der Waals surface area contributed by atoms with Crippen LogP contribution in [-0.4, -0.2) is 17.1 Å². The number of benzene rings is 1. The molecular formula is C14H14BrN3O3. The van der Waals surface area contributed by atoms with Crippen molar-refractivity contribution in [1.29, 1.82) is 0 Å². The fraction of sp³-hybridized carbons (Fsp3) is 0.143. The maximum atomic E-state index is 11.8. The molecule has 0 fully saturated rings. The van der Waals surface area contributed by atoms with Gasteiger partial charge in [-0.05, 0) is 40.2 Å². The van der Waals surface area contributed by atoms with E-state index in [1.807, 2.05) is 0 Å². The molecule has 0 aliphatic carbocycles. The minimum atomic E-state index is -0.426. The number of aromatic nitrogens is 1. The van der Waals surface area contributed by atoms with Gasteiger partial charge in [0.15, 0.2) is 0 Å². The minimum Gasteiger partial charge on any atom is -0.491 e. The van der Waals surface area contributed by atoms with Crippen molar-refractivity contribution >= 4 is 21.8 Å². The van der Waals surface area contributed by atoms with E-state index < -0.39 is 5.91 Å². The van der Waals surface area contributed by atoms with Gasteiger partial charge in [0, 0.05) is 6.20 Å². The Morgan fingerprint density at radius 2 is 2.05 bits per heavy atom. The van der Waals surface area contributed by atoms with Crippen LogP contribution in [0.15, 0.2) is 51.9 Å². The number of nitrogen functional groups attached to an aromatic ring is 1. The molecule has 6 nitrogen and oxygen atoms in total. The molecule has 3 N–H and O–H groups in total. The molecule has 0 spiro atoms. The van der Waals surface area contributed by atoms with Crippen molar-refractivity contribution in [3.63, 3.8) is 0 Å². The zero-order valence-electron chi connectivity index (χ0n) is 11.1. The summed E-state index contributed by atoms with van der Waals surface area (Å²) in [5, 5.41) is 0. The summed E-state index contributed by atoms with van der Waals surface area (Å²) in [6.45, 7) is 0.627. The van der Waals surface area contributed by atoms with E-state index in [9.17, 15) is 9.59 Å². The molecule has 0 radical (unpaired) electrons. The second-order valence-electron chi connectivity index (χ2n) is 4.17. The zero-order valence-corrected chi connectivity index (χ0v) is 12.7. The molecule has 0 saturated heterocycles. The van der Waals surface area contributed by atoms with Gasteiger partial charge in [-0.1, -0.05) is 12.1 Å². The molecule has 1 amide bonds. The van der Waals surface area contributed by atoms with Crippen LogP contribution >= 0.6 is 15.9 Å². The normalized spacial score (nSPS) is 10.2. The van der Waals surface area contributed by atoms with Crippen LogP contribution in [0.4, 0.5) is 0 Å². The molecule has 0 bridgehead atoms. The Balaban J connectivity index is 2.06. The van der Waals surface area contributed by atoms with Crippen molar-refractivity contribution in [3.05, 3.63) is 63.0 Å². The lowest BCUT2D eigenvalue weighted by Gasteiger charge is -2.11. The first-order chi connectivity index (χ1) is 10.1. The molecule has 0 unspecified atom stereocenters. The average Bonchev–Trinajstić information content (AvgIpc) is 2.51. The second-order valence-corrected chi connectivity index (χ2v) is 5.03. The number of ether oxygens (including phenoxy) is 1. The summed E-state index contributed by atoms with van der Waals surface area (Å²) in [5.41, 5.74) is 2.28. The summed E-state index contributed by atoms with van der Waals surface area (Å²) < 4.78 is 7.58. The highest BCUT2D eigenvalue weighted by Crippen LogP contribution is 2.17. The number of carbonyl (C=O) groups is 1. The lowest BCUT2D eigenvalue weighted by atomic mass is 10.2. The Hall–Kier alpha value is -2.12. The SMILES string of the molecule is NNC(=O)c1ccccc1OCCn1cccc(Br)c1=O. The number of halogens is 1. The standard InChI is InChI=1S/C14H14BrN3O3/c15-11-5-3-7-18(14(11)20)8-9-21-12-6-2-1-4-10(12)13(19)17-16/h1-7H,8-9,16H2,(H,17,19). The Bertz CT molecular complexity index is 700. The lowest BCUT2D eigenvalue weighted by molar-refractivity contribution is 0.0949. The smallest absolute Gasteiger partial charge is 0.268 e. The third-order valence-electron chi connectivity index (χ3n) is 2.83. The number of pyridine rings is 1. The third-order valence-corrected chi connectivity index (χ3v) is 3.43. The molecule has 1 aromatic carbocycles. The molecular weight excluding hydrogens is 338 g/mol. The first-order valence-corrected chi connectivity index (χ1v) is 7.00. The van der Waals surface area contributed by atoms with Crippen LogP contribution in [0, 0.1) is 0 Å². The molecule has 7 heteroatoms. The number of amides is 1. The topological polar surface area (TPSA) is 86.3 Å². The Labute approximate surface area is 129 Å². The lowest BCUT2D eigenvalue weighted by Crippen LogP contribution is -2.30. The summed E-state index contributed by atoms with van der Waals surface area (Å²) in [5.74, 6) is 5.12. The van der Waals surface area contributed by atoms with Gasteiger partial charge in [0.05, 0.1) is 16.6 Å². The number of hydrogen-bond acceptors (Lipinski definition) is 4. The fourth-order valence-electron chi connectivity index (χ4n) is 1.80. The molecule has 0 aliphatic rings. The van der Waals surface area contributed by atoms with Crippen molar-refractivity contribution < 1.29 is 9.53 Å². The van der Waals surface area contributed by atoms with Gasteiger partial charge in [-0.3, -0.25) is 15.0 Å². The van der Waals surface area contributed by atoms with Crippen LogP contribution < -0.4 is 21.6 Å². The molecule has 1 aromatic heterocycles. The number of para-hydroxylation sites is 1. The molecule has 0 aliphatic heterocycles. The van der Waals surface area contributed by atoms with Crippen LogP contribution in [0.3, 0.4) is 0 Å². The van der Waals surface area contributed by atoms with E-state index in [0.717, 1.165) is 0 Å². The number of hydrazine groups is 1. The monoisotopic (exact) mass is 351 g/mol. The second kappa shape index (κ2) is 7.05. The van der Waals surface area contributed by atoms with Gasteiger partial charge in [-0.25, -0.2) is 5.84 Å². The van der Waals surface area contributed by atoms with E-state index in [1.165, 1.54) is 4.57 Å².